The number of hydrogen-bond donors (Lipinski definition) is 0. The molecule has 0 aliphatic carbocycles. The van der Waals surface area contributed by atoms with Gasteiger partial charge in [0, 0.05) is 23.9 Å². The zero-order valence-electron chi connectivity index (χ0n) is 17.6. The van der Waals surface area contributed by atoms with E-state index < -0.39 is 0 Å². The van der Waals surface area contributed by atoms with E-state index in [2.05, 4.69) is 20.0 Å². The fraction of sp³-hybridized carbons (Fsp3) is 0.333. The third-order valence-electron chi connectivity index (χ3n) is 5.31. The molecule has 156 valence electrons. The summed E-state index contributed by atoms with van der Waals surface area (Å²) in [5, 5.41) is 4.91. The Morgan fingerprint density at radius 2 is 1.87 bits per heavy atom. The van der Waals surface area contributed by atoms with Crippen LogP contribution >= 0.6 is 11.8 Å². The van der Waals surface area contributed by atoms with Crippen molar-refractivity contribution in [1.82, 2.24) is 14.7 Å². The molecule has 0 radical (unpaired) electrons. The molecule has 1 saturated heterocycles. The van der Waals surface area contributed by atoms with Crippen molar-refractivity contribution >= 4 is 17.7 Å². The van der Waals surface area contributed by atoms with Crippen LogP contribution in [0.3, 0.4) is 0 Å². The molecule has 2 heterocycles. The van der Waals surface area contributed by atoms with Crippen molar-refractivity contribution < 1.29 is 9.53 Å². The van der Waals surface area contributed by atoms with Crippen molar-refractivity contribution in [2.45, 2.75) is 25.6 Å². The summed E-state index contributed by atoms with van der Waals surface area (Å²) < 4.78 is 7.23. The summed E-state index contributed by atoms with van der Waals surface area (Å²) >= 11 is 1.69. The molecule has 1 aliphatic rings. The first-order valence-electron chi connectivity index (χ1n) is 10.3. The molecule has 1 unspecified atom stereocenters. The molecule has 1 aromatic heterocycles. The molecule has 0 spiro atoms. The van der Waals surface area contributed by atoms with E-state index in [1.54, 1.807) is 18.9 Å². The van der Waals surface area contributed by atoms with Crippen LogP contribution in [0.15, 0.2) is 60.8 Å². The first kappa shape index (κ1) is 20.5. The molecule has 4 rings (SSSR count). The van der Waals surface area contributed by atoms with Crippen molar-refractivity contribution in [2.24, 2.45) is 5.92 Å². The second kappa shape index (κ2) is 8.96. The third-order valence-corrected chi connectivity index (χ3v) is 6.55. The second-order valence-corrected chi connectivity index (χ2v) is 8.94. The van der Waals surface area contributed by atoms with Crippen LogP contribution in [0.5, 0.6) is 5.75 Å². The third kappa shape index (κ3) is 4.24. The molecule has 2 aromatic carbocycles. The molecule has 30 heavy (non-hydrogen) atoms. The molecule has 1 fully saturated rings. The smallest absolute Gasteiger partial charge is 0.233 e. The minimum atomic E-state index is -0.0224. The van der Waals surface area contributed by atoms with Gasteiger partial charge in [-0.05, 0) is 48.7 Å². The van der Waals surface area contributed by atoms with Crippen LogP contribution in [-0.4, -0.2) is 40.0 Å². The lowest BCUT2D eigenvalue weighted by Gasteiger charge is -2.24. The minimum absolute atomic E-state index is 0.0224. The predicted molar refractivity (Wildman–Crippen MR) is 122 cm³/mol. The Hall–Kier alpha value is -2.73. The Kier molecular flexibility index (Phi) is 6.13. The van der Waals surface area contributed by atoms with Gasteiger partial charge in [0.2, 0.25) is 5.91 Å². The van der Waals surface area contributed by atoms with E-state index >= 15 is 0 Å². The van der Waals surface area contributed by atoms with E-state index in [-0.39, 0.29) is 11.3 Å². The summed E-state index contributed by atoms with van der Waals surface area (Å²) in [5.41, 5.74) is 4.00. The van der Waals surface area contributed by atoms with Crippen molar-refractivity contribution in [3.05, 3.63) is 66.4 Å². The Morgan fingerprint density at radius 3 is 2.53 bits per heavy atom. The second-order valence-electron chi connectivity index (χ2n) is 7.87. The molecule has 5 nitrogen and oxygen atoms in total. The summed E-state index contributed by atoms with van der Waals surface area (Å²) in [6, 6.07) is 18.0. The van der Waals surface area contributed by atoms with E-state index in [4.69, 9.17) is 9.84 Å². The van der Waals surface area contributed by atoms with Crippen molar-refractivity contribution in [3.63, 3.8) is 0 Å². The lowest BCUT2D eigenvalue weighted by atomic mass is 10.1. The van der Waals surface area contributed by atoms with Crippen molar-refractivity contribution in [2.75, 3.05) is 19.4 Å². The van der Waals surface area contributed by atoms with Gasteiger partial charge in [0.05, 0.1) is 24.2 Å². The van der Waals surface area contributed by atoms with Gasteiger partial charge in [0.25, 0.3) is 0 Å². The zero-order chi connectivity index (χ0) is 21.1. The lowest BCUT2D eigenvalue weighted by Crippen LogP contribution is -2.30. The molecule has 1 aliphatic heterocycles. The maximum absolute atomic E-state index is 12.6. The van der Waals surface area contributed by atoms with Gasteiger partial charge in [-0.25, -0.2) is 4.68 Å². The highest BCUT2D eigenvalue weighted by Gasteiger charge is 2.35. The standard InChI is InChI=1S/C24H27N3O2S/c1-17(2)13-14-26-22(28)16-30-24(26)21-15-27(19-7-5-4-6-8-19)25-23(21)18-9-11-20(29-3)12-10-18/h4-12,15,17,24H,13-14,16H2,1-3H3. The van der Waals surface area contributed by atoms with Gasteiger partial charge in [0.15, 0.2) is 0 Å². The van der Waals surface area contributed by atoms with E-state index in [0.717, 1.165) is 41.2 Å². The van der Waals surface area contributed by atoms with Crippen LogP contribution in [0.2, 0.25) is 0 Å². The molecule has 3 aromatic rings. The normalized spacial score (nSPS) is 16.5. The van der Waals surface area contributed by atoms with E-state index in [0.29, 0.717) is 11.7 Å². The maximum atomic E-state index is 12.6. The summed E-state index contributed by atoms with van der Waals surface area (Å²) in [7, 11) is 1.66. The van der Waals surface area contributed by atoms with Gasteiger partial charge >= 0.3 is 0 Å². The van der Waals surface area contributed by atoms with E-state index in [1.807, 2.05) is 64.2 Å². The number of ether oxygens (including phenoxy) is 1. The number of thioether (sulfide) groups is 1. The minimum Gasteiger partial charge on any atom is -0.497 e. The molecule has 0 saturated carbocycles. The summed E-state index contributed by atoms with van der Waals surface area (Å²) in [6.07, 6.45) is 3.07. The lowest BCUT2D eigenvalue weighted by molar-refractivity contribution is -0.128. The maximum Gasteiger partial charge on any atom is 0.233 e. The highest BCUT2D eigenvalue weighted by atomic mass is 32.2. The molecule has 0 bridgehead atoms. The number of amides is 1. The van der Waals surface area contributed by atoms with Crippen molar-refractivity contribution in [1.29, 1.82) is 0 Å². The number of carbonyl (C=O) groups excluding carboxylic acids is 1. The van der Waals surface area contributed by atoms with Crippen LogP contribution < -0.4 is 4.74 Å². The molecule has 6 heteroatoms. The highest BCUT2D eigenvalue weighted by molar-refractivity contribution is 8.00. The molecule has 1 atom stereocenters. The largest absolute Gasteiger partial charge is 0.497 e. The van der Waals surface area contributed by atoms with Gasteiger partial charge in [-0.1, -0.05) is 32.0 Å². The average Bonchev–Trinajstić information content (AvgIpc) is 3.36. The SMILES string of the molecule is COc1ccc(-c2nn(-c3ccccc3)cc2C2SCC(=O)N2CCC(C)C)cc1. The number of carbonyl (C=O) groups is 1. The Labute approximate surface area is 182 Å². The first-order chi connectivity index (χ1) is 14.6. The van der Waals surface area contributed by atoms with E-state index in [1.165, 1.54) is 0 Å². The summed E-state index contributed by atoms with van der Waals surface area (Å²) in [4.78, 5) is 14.7. The van der Waals surface area contributed by atoms with Gasteiger partial charge in [-0.15, -0.1) is 11.8 Å². The van der Waals surface area contributed by atoms with Crippen LogP contribution in [0.4, 0.5) is 0 Å². The number of rotatable bonds is 7. The number of nitrogens with zero attached hydrogens (tertiary/aromatic N) is 3. The molecule has 0 N–H and O–H groups in total. The van der Waals surface area contributed by atoms with Gasteiger partial charge in [-0.3, -0.25) is 4.79 Å². The average molecular weight is 422 g/mol. The zero-order valence-corrected chi connectivity index (χ0v) is 18.4. The number of methoxy groups -OCH3 is 1. The quantitative estimate of drug-likeness (QED) is 0.528. The number of aromatic nitrogens is 2. The summed E-state index contributed by atoms with van der Waals surface area (Å²) in [5.74, 6) is 2.09. The van der Waals surface area contributed by atoms with Gasteiger partial charge < -0.3 is 9.64 Å². The predicted octanol–water partition coefficient (Wildman–Crippen LogP) is 5.17. The monoisotopic (exact) mass is 421 g/mol. The molecule has 1 amide bonds. The summed E-state index contributed by atoms with van der Waals surface area (Å²) in [6.45, 7) is 5.16. The Morgan fingerprint density at radius 1 is 1.13 bits per heavy atom. The van der Waals surface area contributed by atoms with Gasteiger partial charge in [-0.2, -0.15) is 5.10 Å². The van der Waals surface area contributed by atoms with Gasteiger partial charge in [0.1, 0.15) is 11.1 Å². The Balaban J connectivity index is 1.76. The fourth-order valence-electron chi connectivity index (χ4n) is 3.61. The number of hydrogen-bond acceptors (Lipinski definition) is 4. The number of para-hydroxylation sites is 1. The van der Waals surface area contributed by atoms with Crippen LogP contribution in [0, 0.1) is 5.92 Å². The molecular weight excluding hydrogens is 394 g/mol. The highest BCUT2D eigenvalue weighted by Crippen LogP contribution is 2.43. The van der Waals surface area contributed by atoms with E-state index in [9.17, 15) is 4.79 Å². The molecular formula is C24H27N3O2S. The van der Waals surface area contributed by atoms with Crippen LogP contribution in [0.1, 0.15) is 31.2 Å². The van der Waals surface area contributed by atoms with Crippen molar-refractivity contribution in [3.8, 4) is 22.7 Å². The topological polar surface area (TPSA) is 47.4 Å². The van der Waals surface area contributed by atoms with Crippen LogP contribution in [-0.2, 0) is 4.79 Å². The first-order valence-corrected chi connectivity index (χ1v) is 11.3. The fourth-order valence-corrected chi connectivity index (χ4v) is 4.83. The Bertz CT molecular complexity index is 999. The van der Waals surface area contributed by atoms with Crippen LogP contribution in [0.25, 0.3) is 16.9 Å². The number of benzene rings is 2.